The van der Waals surface area contributed by atoms with Gasteiger partial charge in [0.1, 0.15) is 11.6 Å². The van der Waals surface area contributed by atoms with Crippen LogP contribution in [0.5, 0.6) is 0 Å². The van der Waals surface area contributed by atoms with Crippen molar-refractivity contribution in [3.05, 3.63) is 35.4 Å². The molecule has 0 unspecified atom stereocenters. The van der Waals surface area contributed by atoms with Gasteiger partial charge in [-0.25, -0.2) is 8.78 Å². The molecule has 6 heteroatoms. The van der Waals surface area contributed by atoms with Crippen LogP contribution in [0, 0.1) is 11.6 Å². The van der Waals surface area contributed by atoms with Crippen molar-refractivity contribution in [1.82, 2.24) is 4.90 Å². The molecule has 0 bridgehead atoms. The summed E-state index contributed by atoms with van der Waals surface area (Å²) in [5.74, 6) is -1.23. The maximum atomic E-state index is 13.3. The predicted molar refractivity (Wildman–Crippen MR) is 56.1 cm³/mol. The van der Waals surface area contributed by atoms with Crippen LogP contribution in [0.25, 0.3) is 0 Å². The fourth-order valence-electron chi connectivity index (χ4n) is 1.32. The van der Waals surface area contributed by atoms with Gasteiger partial charge in [0, 0.05) is 12.1 Å². The van der Waals surface area contributed by atoms with E-state index in [1.165, 1.54) is 23.1 Å². The third-order valence-electron chi connectivity index (χ3n) is 2.05. The molecule has 16 heavy (non-hydrogen) atoms. The summed E-state index contributed by atoms with van der Waals surface area (Å²) in [5, 5.41) is 11.1. The molecule has 1 aromatic rings. The molecule has 1 rings (SSSR count). The summed E-state index contributed by atoms with van der Waals surface area (Å²) in [4.78, 5) is 1.54. The second kappa shape index (κ2) is 5.41. The molecule has 4 nitrogen and oxygen atoms in total. The zero-order valence-electron chi connectivity index (χ0n) is 8.82. The van der Waals surface area contributed by atoms with Crippen LogP contribution in [0.3, 0.4) is 0 Å². The molecule has 0 radical (unpaired) electrons. The number of hydrogen-bond donors (Lipinski definition) is 2. The van der Waals surface area contributed by atoms with Gasteiger partial charge in [-0.1, -0.05) is 11.2 Å². The van der Waals surface area contributed by atoms with Crippen LogP contribution in [0.2, 0.25) is 0 Å². The average Bonchev–Trinajstić information content (AvgIpc) is 2.23. The van der Waals surface area contributed by atoms with E-state index in [0.29, 0.717) is 0 Å². The highest BCUT2D eigenvalue weighted by Gasteiger charge is 2.11. The standard InChI is InChI=1S/C10H13F2N3O/c1-15(6-10(13)14-16)5-7-8(11)3-2-4-9(7)12/h2-4,16H,5-6H2,1H3,(H2,13,14). The van der Waals surface area contributed by atoms with Crippen LogP contribution in [0.15, 0.2) is 23.4 Å². The molecule has 0 aromatic heterocycles. The number of oxime groups is 1. The molecule has 1 aromatic carbocycles. The normalized spacial score (nSPS) is 12.1. The maximum absolute atomic E-state index is 13.3. The Morgan fingerprint density at radius 2 is 2.00 bits per heavy atom. The summed E-state index contributed by atoms with van der Waals surface area (Å²) in [6.07, 6.45) is 0. The Balaban J connectivity index is 2.73. The van der Waals surface area contributed by atoms with E-state index in [9.17, 15) is 8.78 Å². The van der Waals surface area contributed by atoms with E-state index in [-0.39, 0.29) is 24.5 Å². The number of nitrogens with two attached hydrogens (primary N) is 1. The third kappa shape index (κ3) is 3.16. The molecule has 0 saturated heterocycles. The molecule has 0 aliphatic carbocycles. The van der Waals surface area contributed by atoms with Gasteiger partial charge in [0.05, 0.1) is 6.54 Å². The summed E-state index contributed by atoms with van der Waals surface area (Å²) < 4.78 is 26.5. The Kier molecular flexibility index (Phi) is 4.19. The molecule has 0 aliphatic heterocycles. The van der Waals surface area contributed by atoms with Gasteiger partial charge in [-0.05, 0) is 19.2 Å². The van der Waals surface area contributed by atoms with Crippen LogP contribution < -0.4 is 5.73 Å². The Morgan fingerprint density at radius 1 is 1.44 bits per heavy atom. The van der Waals surface area contributed by atoms with Gasteiger partial charge < -0.3 is 10.9 Å². The van der Waals surface area contributed by atoms with Crippen molar-refractivity contribution in [3.63, 3.8) is 0 Å². The molecular weight excluding hydrogens is 216 g/mol. The van der Waals surface area contributed by atoms with E-state index < -0.39 is 11.6 Å². The lowest BCUT2D eigenvalue weighted by molar-refractivity contribution is 0.306. The van der Waals surface area contributed by atoms with E-state index >= 15 is 0 Å². The molecule has 0 heterocycles. The van der Waals surface area contributed by atoms with Crippen molar-refractivity contribution in [3.8, 4) is 0 Å². The summed E-state index contributed by atoms with van der Waals surface area (Å²) in [6, 6.07) is 3.68. The van der Waals surface area contributed by atoms with E-state index in [4.69, 9.17) is 10.9 Å². The number of rotatable bonds is 4. The fourth-order valence-corrected chi connectivity index (χ4v) is 1.32. The first-order chi connectivity index (χ1) is 7.54. The quantitative estimate of drug-likeness (QED) is 0.352. The van der Waals surface area contributed by atoms with Crippen LogP contribution in [-0.2, 0) is 6.54 Å². The van der Waals surface area contributed by atoms with Crippen LogP contribution in [-0.4, -0.2) is 29.5 Å². The topological polar surface area (TPSA) is 61.8 Å². The Labute approximate surface area is 92.0 Å². The zero-order valence-corrected chi connectivity index (χ0v) is 8.82. The lowest BCUT2D eigenvalue weighted by Crippen LogP contribution is -2.31. The van der Waals surface area contributed by atoms with Gasteiger partial charge in [0.25, 0.3) is 0 Å². The molecule has 88 valence electrons. The number of likely N-dealkylation sites (N-methyl/N-ethyl adjacent to an activating group) is 1. The van der Waals surface area contributed by atoms with E-state index in [0.717, 1.165) is 0 Å². The minimum Gasteiger partial charge on any atom is -0.409 e. The summed E-state index contributed by atoms with van der Waals surface area (Å²) in [5.41, 5.74) is 5.24. The molecule has 3 N–H and O–H groups in total. The first-order valence-corrected chi connectivity index (χ1v) is 4.62. The van der Waals surface area contributed by atoms with Crippen molar-refractivity contribution >= 4 is 5.84 Å². The fraction of sp³-hybridized carbons (Fsp3) is 0.300. The number of nitrogens with zero attached hydrogens (tertiary/aromatic N) is 2. The molecule has 0 saturated carbocycles. The van der Waals surface area contributed by atoms with Crippen molar-refractivity contribution in [2.24, 2.45) is 10.9 Å². The first kappa shape index (κ1) is 12.4. The monoisotopic (exact) mass is 229 g/mol. The molecule has 0 aliphatic rings. The molecule has 0 amide bonds. The van der Waals surface area contributed by atoms with E-state index in [1.54, 1.807) is 7.05 Å². The van der Waals surface area contributed by atoms with Gasteiger partial charge in [0.2, 0.25) is 0 Å². The SMILES string of the molecule is CN(C/C(N)=N/O)Cc1c(F)cccc1F. The van der Waals surface area contributed by atoms with Crippen molar-refractivity contribution < 1.29 is 14.0 Å². The summed E-state index contributed by atoms with van der Waals surface area (Å²) in [7, 11) is 1.62. The van der Waals surface area contributed by atoms with Crippen LogP contribution >= 0.6 is 0 Å². The Hall–Kier alpha value is -1.69. The van der Waals surface area contributed by atoms with Gasteiger partial charge in [-0.3, -0.25) is 4.90 Å². The van der Waals surface area contributed by atoms with Crippen molar-refractivity contribution in [2.75, 3.05) is 13.6 Å². The molecule has 0 atom stereocenters. The smallest absolute Gasteiger partial charge is 0.153 e. The van der Waals surface area contributed by atoms with Crippen LogP contribution in [0.4, 0.5) is 8.78 Å². The van der Waals surface area contributed by atoms with E-state index in [1.807, 2.05) is 0 Å². The highest BCUT2D eigenvalue weighted by Crippen LogP contribution is 2.13. The second-order valence-corrected chi connectivity index (χ2v) is 3.46. The Morgan fingerprint density at radius 3 is 2.50 bits per heavy atom. The predicted octanol–water partition coefficient (Wildman–Crippen LogP) is 1.14. The molecule has 0 fully saturated rings. The first-order valence-electron chi connectivity index (χ1n) is 4.62. The maximum Gasteiger partial charge on any atom is 0.153 e. The lowest BCUT2D eigenvalue weighted by atomic mass is 10.2. The highest BCUT2D eigenvalue weighted by atomic mass is 19.1. The van der Waals surface area contributed by atoms with Gasteiger partial charge in [-0.15, -0.1) is 0 Å². The number of benzene rings is 1. The minimum atomic E-state index is -0.605. The van der Waals surface area contributed by atoms with Crippen molar-refractivity contribution in [2.45, 2.75) is 6.54 Å². The summed E-state index contributed by atoms with van der Waals surface area (Å²) >= 11 is 0. The number of halogens is 2. The molecular formula is C10H13F2N3O. The Bertz CT molecular complexity index is 375. The van der Waals surface area contributed by atoms with Gasteiger partial charge >= 0.3 is 0 Å². The highest BCUT2D eigenvalue weighted by molar-refractivity contribution is 5.81. The summed E-state index contributed by atoms with van der Waals surface area (Å²) in [6.45, 7) is 0.180. The second-order valence-electron chi connectivity index (χ2n) is 3.46. The van der Waals surface area contributed by atoms with E-state index in [2.05, 4.69) is 5.16 Å². The zero-order chi connectivity index (χ0) is 12.1. The average molecular weight is 229 g/mol. The number of amidine groups is 1. The van der Waals surface area contributed by atoms with Crippen molar-refractivity contribution in [1.29, 1.82) is 0 Å². The third-order valence-corrected chi connectivity index (χ3v) is 2.05. The minimum absolute atomic E-state index is 0.0146. The number of hydrogen-bond acceptors (Lipinski definition) is 3. The van der Waals surface area contributed by atoms with Gasteiger partial charge in [0.15, 0.2) is 5.84 Å². The van der Waals surface area contributed by atoms with Crippen LogP contribution in [0.1, 0.15) is 5.56 Å². The van der Waals surface area contributed by atoms with Gasteiger partial charge in [-0.2, -0.15) is 0 Å². The largest absolute Gasteiger partial charge is 0.409 e. The molecule has 0 spiro atoms. The lowest BCUT2D eigenvalue weighted by Gasteiger charge is -2.16.